The summed E-state index contributed by atoms with van der Waals surface area (Å²) in [6, 6.07) is 3.69. The van der Waals surface area contributed by atoms with Crippen molar-refractivity contribution in [3.05, 3.63) is 70.3 Å². The molecule has 4 atom stereocenters. The van der Waals surface area contributed by atoms with Gasteiger partial charge >= 0.3 is 6.16 Å². The van der Waals surface area contributed by atoms with E-state index in [1.165, 1.54) is 0 Å². The molecule has 4 aliphatic rings. The Balaban J connectivity index is 0.00000280. The molecule has 0 amide bonds. The summed E-state index contributed by atoms with van der Waals surface area (Å²) in [5.41, 5.74) is 4.90. The van der Waals surface area contributed by atoms with Crippen molar-refractivity contribution in [2.45, 2.75) is 18.4 Å². The highest BCUT2D eigenvalue weighted by atomic mass is 35.5. The lowest BCUT2D eigenvalue weighted by Gasteiger charge is -2.47. The molecule has 7 rings (SSSR count). The SMILES string of the molecule is Cl.NC12C=CC(CC1)C1CN(c3nc4c(cc3F)c(=O)c(OC(=O)O)cn4-c3ccc(F)cc3F)CC12. The molecule has 3 aliphatic carbocycles. The summed E-state index contributed by atoms with van der Waals surface area (Å²) >= 11 is 0. The number of hydrogen-bond donors (Lipinski definition) is 2. The molecule has 1 aliphatic heterocycles. The van der Waals surface area contributed by atoms with Crippen molar-refractivity contribution >= 4 is 35.4 Å². The number of halogens is 4. The van der Waals surface area contributed by atoms with E-state index >= 15 is 4.39 Å². The van der Waals surface area contributed by atoms with Crippen LogP contribution in [0.5, 0.6) is 5.75 Å². The van der Waals surface area contributed by atoms with Gasteiger partial charge in [-0.15, -0.1) is 12.4 Å². The maximum absolute atomic E-state index is 15.4. The second kappa shape index (κ2) is 8.77. The Morgan fingerprint density at radius 3 is 2.62 bits per heavy atom. The lowest BCUT2D eigenvalue weighted by atomic mass is 9.60. The molecule has 3 aromatic rings. The molecule has 1 saturated carbocycles. The number of fused-ring (bicyclic) bond motifs is 2. The third-order valence-electron chi connectivity index (χ3n) is 7.72. The van der Waals surface area contributed by atoms with Gasteiger partial charge < -0.3 is 20.5 Å². The Kier molecular flexibility index (Phi) is 5.95. The van der Waals surface area contributed by atoms with Crippen molar-refractivity contribution in [2.75, 3.05) is 18.0 Å². The first-order valence-corrected chi connectivity index (χ1v) is 11.5. The van der Waals surface area contributed by atoms with Crippen molar-refractivity contribution in [1.82, 2.24) is 9.55 Å². The standard InChI is InChI=1S/C25H21F3N4O4.ClH/c26-13-1-2-19(17(27)7-13)32-11-20(36-24(34)35)21(33)14-8-18(28)23(30-22(14)32)31-9-15-12-3-5-25(29,6-4-12)16(15)10-31;/h1-3,5,7-8,11-12,15-16H,4,6,9-10,29H2,(H,34,35);1H. The quantitative estimate of drug-likeness (QED) is 0.386. The lowest BCUT2D eigenvalue weighted by Crippen LogP contribution is -2.55. The van der Waals surface area contributed by atoms with E-state index in [4.69, 9.17) is 10.8 Å². The third kappa shape index (κ3) is 3.93. The second-order valence-electron chi connectivity index (χ2n) is 9.67. The van der Waals surface area contributed by atoms with Gasteiger partial charge in [-0.1, -0.05) is 12.2 Å². The normalized spacial score (nSPS) is 25.7. The average molecular weight is 535 g/mol. The first kappa shape index (κ1) is 25.1. The summed E-state index contributed by atoms with van der Waals surface area (Å²) in [5, 5.41) is 8.71. The van der Waals surface area contributed by atoms with Gasteiger partial charge in [0.15, 0.2) is 23.0 Å². The van der Waals surface area contributed by atoms with Crippen molar-refractivity contribution in [2.24, 2.45) is 23.5 Å². The van der Waals surface area contributed by atoms with E-state index in [0.717, 1.165) is 41.8 Å². The molecule has 12 heteroatoms. The van der Waals surface area contributed by atoms with Gasteiger partial charge in [0.05, 0.1) is 17.3 Å². The molecule has 194 valence electrons. The average Bonchev–Trinajstić information content (AvgIpc) is 3.29. The highest BCUT2D eigenvalue weighted by Gasteiger charge is 2.52. The van der Waals surface area contributed by atoms with Crippen LogP contribution in [0, 0.1) is 35.2 Å². The van der Waals surface area contributed by atoms with Crippen LogP contribution in [0.25, 0.3) is 16.7 Å². The van der Waals surface area contributed by atoms with E-state index in [0.29, 0.717) is 25.1 Å². The van der Waals surface area contributed by atoms with Crippen LogP contribution in [0.4, 0.5) is 23.8 Å². The zero-order chi connectivity index (χ0) is 25.4. The molecule has 0 spiro atoms. The van der Waals surface area contributed by atoms with Gasteiger partial charge in [0.25, 0.3) is 0 Å². The van der Waals surface area contributed by atoms with Crippen LogP contribution in [-0.2, 0) is 0 Å². The number of benzene rings is 1. The smallest absolute Gasteiger partial charge is 0.449 e. The highest BCUT2D eigenvalue weighted by molar-refractivity contribution is 5.85. The van der Waals surface area contributed by atoms with Gasteiger partial charge in [-0.3, -0.25) is 9.36 Å². The van der Waals surface area contributed by atoms with E-state index in [-0.39, 0.29) is 46.8 Å². The van der Waals surface area contributed by atoms with Crippen LogP contribution in [-0.4, -0.2) is 39.4 Å². The van der Waals surface area contributed by atoms with E-state index in [2.05, 4.69) is 21.9 Å². The number of aromatic nitrogens is 2. The Morgan fingerprint density at radius 1 is 1.19 bits per heavy atom. The first-order valence-electron chi connectivity index (χ1n) is 11.5. The lowest BCUT2D eigenvalue weighted by molar-refractivity contribution is 0.139. The Bertz CT molecular complexity index is 1530. The first-order chi connectivity index (χ1) is 17.1. The third-order valence-corrected chi connectivity index (χ3v) is 7.72. The van der Waals surface area contributed by atoms with E-state index in [1.807, 2.05) is 0 Å². The summed E-state index contributed by atoms with van der Waals surface area (Å²) in [6.45, 7) is 0.982. The van der Waals surface area contributed by atoms with E-state index < -0.39 is 40.3 Å². The molecular formula is C25H22ClF3N4O4. The molecule has 1 saturated heterocycles. The summed E-state index contributed by atoms with van der Waals surface area (Å²) in [6.07, 6.45) is 5.18. The summed E-state index contributed by atoms with van der Waals surface area (Å²) in [4.78, 5) is 30.2. The van der Waals surface area contributed by atoms with E-state index in [1.54, 1.807) is 4.90 Å². The van der Waals surface area contributed by atoms with Crippen LogP contribution in [0.2, 0.25) is 0 Å². The maximum Gasteiger partial charge on any atom is 0.511 e. The topological polar surface area (TPSA) is 111 Å². The fraction of sp³-hybridized carbons (Fsp3) is 0.320. The van der Waals surface area contributed by atoms with Gasteiger partial charge in [0, 0.05) is 30.6 Å². The van der Waals surface area contributed by atoms with E-state index in [9.17, 15) is 18.4 Å². The van der Waals surface area contributed by atoms with Crippen LogP contribution < -0.4 is 20.8 Å². The van der Waals surface area contributed by atoms with Crippen LogP contribution >= 0.6 is 12.4 Å². The minimum Gasteiger partial charge on any atom is -0.449 e. The Morgan fingerprint density at radius 2 is 1.97 bits per heavy atom. The number of pyridine rings is 2. The summed E-state index contributed by atoms with van der Waals surface area (Å²) < 4.78 is 49.4. The van der Waals surface area contributed by atoms with Crippen LogP contribution in [0.3, 0.4) is 0 Å². The fourth-order valence-electron chi connectivity index (χ4n) is 6.01. The van der Waals surface area contributed by atoms with Gasteiger partial charge in [-0.25, -0.2) is 22.9 Å². The van der Waals surface area contributed by atoms with Gasteiger partial charge in [-0.05, 0) is 42.9 Å². The zero-order valence-electron chi connectivity index (χ0n) is 19.2. The van der Waals surface area contributed by atoms with Crippen molar-refractivity contribution < 1.29 is 27.8 Å². The monoisotopic (exact) mass is 534 g/mol. The number of hydrogen-bond acceptors (Lipinski definition) is 6. The van der Waals surface area contributed by atoms with Crippen LogP contribution in [0.1, 0.15) is 12.8 Å². The number of rotatable bonds is 3. The Hall–Kier alpha value is -3.57. The zero-order valence-corrected chi connectivity index (χ0v) is 20.1. The van der Waals surface area contributed by atoms with Crippen molar-refractivity contribution in [3.8, 4) is 11.4 Å². The van der Waals surface area contributed by atoms with Gasteiger partial charge in [0.1, 0.15) is 11.6 Å². The number of nitrogens with two attached hydrogens (primary N) is 1. The summed E-state index contributed by atoms with van der Waals surface area (Å²) in [7, 11) is 0. The predicted molar refractivity (Wildman–Crippen MR) is 131 cm³/mol. The molecule has 3 heterocycles. The number of carbonyl (C=O) groups is 1. The number of anilines is 1. The number of nitrogens with zero attached hydrogens (tertiary/aromatic N) is 3. The molecule has 0 radical (unpaired) electrons. The molecule has 2 fully saturated rings. The summed E-state index contributed by atoms with van der Waals surface area (Å²) in [5.74, 6) is -2.62. The van der Waals surface area contributed by atoms with Crippen molar-refractivity contribution in [1.29, 1.82) is 0 Å². The second-order valence-corrected chi connectivity index (χ2v) is 9.67. The van der Waals surface area contributed by atoms with Crippen LogP contribution in [0.15, 0.2) is 47.4 Å². The highest BCUT2D eigenvalue weighted by Crippen LogP contribution is 2.50. The maximum atomic E-state index is 15.4. The molecule has 4 unspecified atom stereocenters. The molecule has 37 heavy (non-hydrogen) atoms. The molecule has 8 nitrogen and oxygen atoms in total. The Labute approximate surface area is 214 Å². The van der Waals surface area contributed by atoms with Gasteiger partial charge in [-0.2, -0.15) is 0 Å². The largest absolute Gasteiger partial charge is 0.511 e. The predicted octanol–water partition coefficient (Wildman–Crippen LogP) is 4.01. The molecule has 3 N–H and O–H groups in total. The molecular weight excluding hydrogens is 513 g/mol. The molecule has 2 aromatic heterocycles. The minimum atomic E-state index is -1.78. The number of carboxylic acid groups (broad SMARTS) is 1. The van der Waals surface area contributed by atoms with Gasteiger partial charge in [0.2, 0.25) is 5.43 Å². The minimum absolute atomic E-state index is 0. The number of allylic oxidation sites excluding steroid dienone is 1. The molecule has 2 bridgehead atoms. The molecule has 1 aromatic carbocycles. The fourth-order valence-corrected chi connectivity index (χ4v) is 6.01. The number of ether oxygens (including phenoxy) is 1. The van der Waals surface area contributed by atoms with Crippen molar-refractivity contribution in [3.63, 3.8) is 0 Å².